The number of amides is 1. The van der Waals surface area contributed by atoms with E-state index in [4.69, 9.17) is 0 Å². The molecule has 1 aromatic carbocycles. The van der Waals surface area contributed by atoms with Gasteiger partial charge in [-0.1, -0.05) is 32.9 Å². The summed E-state index contributed by atoms with van der Waals surface area (Å²) in [5.74, 6) is 3.38. The highest BCUT2D eigenvalue weighted by atomic mass is 32.2. The number of benzene rings is 1. The zero-order valence-electron chi connectivity index (χ0n) is 13.5. The first kappa shape index (κ1) is 17.7. The summed E-state index contributed by atoms with van der Waals surface area (Å²) in [4.78, 5) is 12.2. The second kappa shape index (κ2) is 7.28. The van der Waals surface area contributed by atoms with E-state index in [0.717, 1.165) is 11.5 Å². The van der Waals surface area contributed by atoms with Gasteiger partial charge in [-0.15, -0.1) is 0 Å². The molecule has 3 nitrogen and oxygen atoms in total. The summed E-state index contributed by atoms with van der Waals surface area (Å²) in [6.45, 7) is 6.77. The monoisotopic (exact) mass is 339 g/mol. The van der Waals surface area contributed by atoms with Crippen molar-refractivity contribution < 1.29 is 9.90 Å². The molecule has 0 bridgehead atoms. The van der Waals surface area contributed by atoms with E-state index in [9.17, 15) is 9.90 Å². The topological polar surface area (TPSA) is 49.3 Å². The fourth-order valence-corrected chi connectivity index (χ4v) is 4.78. The Labute approximate surface area is 141 Å². The minimum absolute atomic E-state index is 0.0823. The molecule has 2 rings (SSSR count). The van der Waals surface area contributed by atoms with Gasteiger partial charge in [0.1, 0.15) is 0 Å². The Morgan fingerprint density at radius 1 is 1.18 bits per heavy atom. The predicted octanol–water partition coefficient (Wildman–Crippen LogP) is 2.93. The molecule has 0 radical (unpaired) electrons. The Hall–Kier alpha value is -0.650. The number of hydrogen-bond donors (Lipinski definition) is 2. The molecule has 0 unspecified atom stereocenters. The minimum atomic E-state index is -0.799. The largest absolute Gasteiger partial charge is 0.386 e. The Kier molecular flexibility index (Phi) is 5.86. The predicted molar refractivity (Wildman–Crippen MR) is 97.1 cm³/mol. The van der Waals surface area contributed by atoms with Gasteiger partial charge in [0.05, 0.1) is 5.60 Å². The average Bonchev–Trinajstić information content (AvgIpc) is 2.69. The van der Waals surface area contributed by atoms with Crippen LogP contribution < -0.4 is 5.32 Å². The number of hydrogen-bond acceptors (Lipinski definition) is 4. The summed E-state index contributed by atoms with van der Waals surface area (Å²) in [6, 6.07) is 7.72. The Morgan fingerprint density at radius 3 is 2.23 bits per heavy atom. The molecule has 1 heterocycles. The van der Waals surface area contributed by atoms with Crippen molar-refractivity contribution >= 4 is 29.4 Å². The van der Waals surface area contributed by atoms with Crippen molar-refractivity contribution in [2.45, 2.75) is 31.8 Å². The van der Waals surface area contributed by atoms with Crippen molar-refractivity contribution in [3.05, 3.63) is 35.4 Å². The zero-order valence-corrected chi connectivity index (χ0v) is 15.1. The molecule has 2 N–H and O–H groups in total. The maximum Gasteiger partial charge on any atom is 0.251 e. The summed E-state index contributed by atoms with van der Waals surface area (Å²) in [5, 5.41) is 13.4. The quantitative estimate of drug-likeness (QED) is 0.889. The van der Waals surface area contributed by atoms with Gasteiger partial charge in [-0.05, 0) is 23.1 Å². The van der Waals surface area contributed by atoms with Crippen LogP contribution in [-0.2, 0) is 5.41 Å². The molecule has 0 atom stereocenters. The van der Waals surface area contributed by atoms with E-state index in [1.165, 1.54) is 5.56 Å². The first-order valence-corrected chi connectivity index (χ1v) is 9.88. The second-order valence-corrected chi connectivity index (χ2v) is 9.05. The molecule has 0 spiro atoms. The van der Waals surface area contributed by atoms with Crippen molar-refractivity contribution in [3.63, 3.8) is 0 Å². The molecule has 1 aliphatic rings. The number of nitrogens with one attached hydrogen (secondary N) is 1. The lowest BCUT2D eigenvalue weighted by molar-refractivity contribution is 0.0753. The lowest BCUT2D eigenvalue weighted by Gasteiger charge is -2.26. The Morgan fingerprint density at radius 2 is 1.73 bits per heavy atom. The highest BCUT2D eigenvalue weighted by Crippen LogP contribution is 2.25. The Balaban J connectivity index is 1.94. The van der Waals surface area contributed by atoms with Gasteiger partial charge in [0.15, 0.2) is 0 Å². The molecule has 0 aliphatic carbocycles. The molecule has 1 fully saturated rings. The summed E-state index contributed by atoms with van der Waals surface area (Å²) in [5.41, 5.74) is 1.14. The van der Waals surface area contributed by atoms with Crippen molar-refractivity contribution in [3.8, 4) is 0 Å². The lowest BCUT2D eigenvalue weighted by atomic mass is 9.87. The molecular weight excluding hydrogens is 314 g/mol. The summed E-state index contributed by atoms with van der Waals surface area (Å²) in [7, 11) is 0. The Bertz CT molecular complexity index is 500. The number of rotatable bonds is 3. The first-order chi connectivity index (χ1) is 10.3. The fraction of sp³-hybridized carbons (Fsp3) is 0.588. The van der Waals surface area contributed by atoms with Crippen LogP contribution in [0.4, 0.5) is 0 Å². The third-order valence-electron chi connectivity index (χ3n) is 3.70. The zero-order chi connectivity index (χ0) is 16.2. The van der Waals surface area contributed by atoms with Crippen LogP contribution in [0.3, 0.4) is 0 Å². The van der Waals surface area contributed by atoms with E-state index < -0.39 is 5.60 Å². The average molecular weight is 340 g/mol. The molecule has 122 valence electrons. The van der Waals surface area contributed by atoms with Crippen LogP contribution >= 0.6 is 23.5 Å². The van der Waals surface area contributed by atoms with Gasteiger partial charge in [0.2, 0.25) is 0 Å². The highest BCUT2D eigenvalue weighted by molar-refractivity contribution is 8.03. The first-order valence-electron chi connectivity index (χ1n) is 7.57. The van der Waals surface area contributed by atoms with E-state index in [-0.39, 0.29) is 11.3 Å². The van der Waals surface area contributed by atoms with Gasteiger partial charge in [-0.2, -0.15) is 23.5 Å². The molecule has 1 amide bonds. The van der Waals surface area contributed by atoms with Gasteiger partial charge in [0.25, 0.3) is 5.91 Å². The summed E-state index contributed by atoms with van der Waals surface area (Å²) >= 11 is 3.51. The van der Waals surface area contributed by atoms with Crippen molar-refractivity contribution in [1.29, 1.82) is 0 Å². The SMILES string of the molecule is CC(C)(C)c1ccc(C(=O)NCC2(O)CSCCSC2)cc1. The fourth-order valence-electron chi connectivity index (χ4n) is 2.25. The lowest BCUT2D eigenvalue weighted by Crippen LogP contribution is -2.46. The van der Waals surface area contributed by atoms with E-state index in [1.807, 2.05) is 24.3 Å². The van der Waals surface area contributed by atoms with Gasteiger partial charge in [0, 0.05) is 35.1 Å². The van der Waals surface area contributed by atoms with E-state index in [1.54, 1.807) is 23.5 Å². The van der Waals surface area contributed by atoms with Crippen molar-refractivity contribution in [1.82, 2.24) is 5.32 Å². The van der Waals surface area contributed by atoms with Crippen LogP contribution in [-0.4, -0.2) is 46.2 Å². The van der Waals surface area contributed by atoms with Gasteiger partial charge < -0.3 is 10.4 Å². The number of thioether (sulfide) groups is 2. The van der Waals surface area contributed by atoms with Crippen molar-refractivity contribution in [2.24, 2.45) is 0 Å². The molecule has 22 heavy (non-hydrogen) atoms. The van der Waals surface area contributed by atoms with E-state index in [0.29, 0.717) is 23.6 Å². The minimum Gasteiger partial charge on any atom is -0.386 e. The molecule has 0 saturated carbocycles. The van der Waals surface area contributed by atoms with Crippen molar-refractivity contribution in [2.75, 3.05) is 29.6 Å². The van der Waals surface area contributed by atoms with Crippen LogP contribution in [0, 0.1) is 0 Å². The smallest absolute Gasteiger partial charge is 0.251 e. The standard InChI is InChI=1S/C17H25NO2S2/c1-16(2,3)14-6-4-13(5-7-14)15(19)18-10-17(20)11-21-8-9-22-12-17/h4-7,20H,8-12H2,1-3H3,(H,18,19). The molecule has 0 aromatic heterocycles. The maximum absolute atomic E-state index is 12.2. The van der Waals surface area contributed by atoms with Gasteiger partial charge in [-0.3, -0.25) is 4.79 Å². The van der Waals surface area contributed by atoms with Crippen LogP contribution in [0.1, 0.15) is 36.7 Å². The van der Waals surface area contributed by atoms with E-state index in [2.05, 4.69) is 26.1 Å². The third-order valence-corrected chi connectivity index (χ3v) is 6.43. The van der Waals surface area contributed by atoms with Crippen LogP contribution in [0.15, 0.2) is 24.3 Å². The number of aliphatic hydroxyl groups is 1. The molecule has 5 heteroatoms. The number of carbonyl (C=O) groups excluding carboxylic acids is 1. The van der Waals surface area contributed by atoms with Gasteiger partial charge in [-0.25, -0.2) is 0 Å². The third kappa shape index (κ3) is 4.93. The van der Waals surface area contributed by atoms with Crippen LogP contribution in [0.5, 0.6) is 0 Å². The molecule has 1 aromatic rings. The summed E-state index contributed by atoms with van der Waals surface area (Å²) < 4.78 is 0. The maximum atomic E-state index is 12.2. The highest BCUT2D eigenvalue weighted by Gasteiger charge is 2.29. The number of carbonyl (C=O) groups is 1. The summed E-state index contributed by atoms with van der Waals surface area (Å²) in [6.07, 6.45) is 0. The van der Waals surface area contributed by atoms with Crippen LogP contribution in [0.2, 0.25) is 0 Å². The van der Waals surface area contributed by atoms with Crippen LogP contribution in [0.25, 0.3) is 0 Å². The molecule has 1 aliphatic heterocycles. The molecular formula is C17H25NO2S2. The normalized spacial score (nSPS) is 18.5. The van der Waals surface area contributed by atoms with Gasteiger partial charge >= 0.3 is 0 Å². The molecule has 1 saturated heterocycles. The van der Waals surface area contributed by atoms with E-state index >= 15 is 0 Å². The second-order valence-electron chi connectivity index (χ2n) is 6.84.